The van der Waals surface area contributed by atoms with Crippen molar-refractivity contribution in [2.45, 2.75) is 46.7 Å². The molecule has 0 aliphatic carbocycles. The van der Waals surface area contributed by atoms with E-state index in [2.05, 4.69) is 5.32 Å². The van der Waals surface area contributed by atoms with Crippen molar-refractivity contribution in [2.24, 2.45) is 17.1 Å². The summed E-state index contributed by atoms with van der Waals surface area (Å²) in [6.45, 7) is 8.70. The summed E-state index contributed by atoms with van der Waals surface area (Å²) in [5.74, 6) is -1.75. The lowest BCUT2D eigenvalue weighted by Crippen LogP contribution is -2.52. The second kappa shape index (κ2) is 5.30. The van der Waals surface area contributed by atoms with Gasteiger partial charge in [0.15, 0.2) is 0 Å². The van der Waals surface area contributed by atoms with E-state index in [9.17, 15) is 9.59 Å². The van der Waals surface area contributed by atoms with Crippen LogP contribution < -0.4 is 11.1 Å². The first-order valence-electron chi connectivity index (χ1n) is 5.36. The number of nitrogens with one attached hydrogen (secondary N) is 1. The molecule has 5 nitrogen and oxygen atoms in total. The molecule has 94 valence electrons. The quantitative estimate of drug-likeness (QED) is 0.659. The maximum absolute atomic E-state index is 11.7. The molecule has 4 N–H and O–H groups in total. The van der Waals surface area contributed by atoms with Crippen molar-refractivity contribution < 1.29 is 14.7 Å². The van der Waals surface area contributed by atoms with Gasteiger partial charge in [-0.3, -0.25) is 4.79 Å². The van der Waals surface area contributed by atoms with Crippen LogP contribution in [-0.4, -0.2) is 29.1 Å². The standard InChI is InChI=1S/C11H22N2O3/c1-6(7(2)12)9(14)13-8(10(15)16)11(3,4)5/h6-8H,12H2,1-5H3,(H,13,14)(H,15,16). The Hall–Kier alpha value is -1.10. The maximum Gasteiger partial charge on any atom is 0.326 e. The smallest absolute Gasteiger partial charge is 0.326 e. The highest BCUT2D eigenvalue weighted by atomic mass is 16.4. The molecule has 0 aromatic carbocycles. The number of aliphatic carboxylic acids is 1. The molecule has 0 aliphatic heterocycles. The van der Waals surface area contributed by atoms with E-state index in [1.54, 1.807) is 34.6 Å². The molecule has 0 heterocycles. The molecule has 0 rings (SSSR count). The van der Waals surface area contributed by atoms with Crippen LogP contribution in [-0.2, 0) is 9.59 Å². The van der Waals surface area contributed by atoms with E-state index in [0.717, 1.165) is 0 Å². The summed E-state index contributed by atoms with van der Waals surface area (Å²) in [6.07, 6.45) is 0. The molecule has 0 saturated carbocycles. The summed E-state index contributed by atoms with van der Waals surface area (Å²) in [5.41, 5.74) is 5.06. The fourth-order valence-electron chi connectivity index (χ4n) is 1.16. The zero-order valence-corrected chi connectivity index (χ0v) is 10.6. The first-order chi connectivity index (χ1) is 7.07. The van der Waals surface area contributed by atoms with Gasteiger partial charge >= 0.3 is 5.97 Å². The van der Waals surface area contributed by atoms with Crippen LogP contribution in [0.5, 0.6) is 0 Å². The lowest BCUT2D eigenvalue weighted by molar-refractivity contribution is -0.145. The Bertz CT molecular complexity index is 269. The second-order valence-electron chi connectivity index (χ2n) is 5.29. The first kappa shape index (κ1) is 14.9. The van der Waals surface area contributed by atoms with E-state index >= 15 is 0 Å². The zero-order chi connectivity index (χ0) is 13.1. The minimum atomic E-state index is -1.03. The van der Waals surface area contributed by atoms with Crippen molar-refractivity contribution in [3.05, 3.63) is 0 Å². The van der Waals surface area contributed by atoms with Gasteiger partial charge in [0, 0.05) is 12.0 Å². The van der Waals surface area contributed by atoms with Crippen molar-refractivity contribution in [1.82, 2.24) is 5.32 Å². The number of nitrogens with two attached hydrogens (primary N) is 1. The third kappa shape index (κ3) is 4.18. The minimum absolute atomic E-state index is 0.297. The Morgan fingerprint density at radius 3 is 1.94 bits per heavy atom. The van der Waals surface area contributed by atoms with Crippen LogP contribution >= 0.6 is 0 Å². The van der Waals surface area contributed by atoms with E-state index in [1.807, 2.05) is 0 Å². The Morgan fingerprint density at radius 2 is 1.69 bits per heavy atom. The molecule has 0 radical (unpaired) electrons. The van der Waals surface area contributed by atoms with Gasteiger partial charge in [-0.25, -0.2) is 4.79 Å². The lowest BCUT2D eigenvalue weighted by atomic mass is 9.86. The monoisotopic (exact) mass is 230 g/mol. The van der Waals surface area contributed by atoms with Crippen molar-refractivity contribution >= 4 is 11.9 Å². The maximum atomic E-state index is 11.7. The van der Waals surface area contributed by atoms with Gasteiger partial charge in [0.2, 0.25) is 5.91 Å². The van der Waals surface area contributed by atoms with Gasteiger partial charge in [0.1, 0.15) is 6.04 Å². The van der Waals surface area contributed by atoms with Crippen molar-refractivity contribution in [1.29, 1.82) is 0 Å². The number of carbonyl (C=O) groups is 2. The Kier molecular flexibility index (Phi) is 4.93. The van der Waals surface area contributed by atoms with Gasteiger partial charge in [-0.2, -0.15) is 0 Å². The van der Waals surface area contributed by atoms with Gasteiger partial charge in [-0.15, -0.1) is 0 Å². The SMILES string of the molecule is CC(N)C(C)C(=O)NC(C(=O)O)C(C)(C)C. The van der Waals surface area contributed by atoms with E-state index in [0.29, 0.717) is 0 Å². The molecule has 0 saturated heterocycles. The van der Waals surface area contributed by atoms with Crippen LogP contribution in [0.15, 0.2) is 0 Å². The number of carboxylic acid groups (broad SMARTS) is 1. The Balaban J connectivity index is 4.67. The van der Waals surface area contributed by atoms with Gasteiger partial charge < -0.3 is 16.2 Å². The summed E-state index contributed by atoms with van der Waals surface area (Å²) in [5, 5.41) is 11.6. The molecule has 5 heteroatoms. The molecular formula is C11H22N2O3. The van der Waals surface area contributed by atoms with Crippen molar-refractivity contribution in [3.63, 3.8) is 0 Å². The fourth-order valence-corrected chi connectivity index (χ4v) is 1.16. The zero-order valence-electron chi connectivity index (χ0n) is 10.6. The number of hydrogen-bond acceptors (Lipinski definition) is 3. The largest absolute Gasteiger partial charge is 0.480 e. The van der Waals surface area contributed by atoms with Crippen LogP contribution in [0.4, 0.5) is 0 Å². The molecule has 3 unspecified atom stereocenters. The molecule has 16 heavy (non-hydrogen) atoms. The summed E-state index contributed by atoms with van der Waals surface area (Å²) < 4.78 is 0. The van der Waals surface area contributed by atoms with Crippen LogP contribution in [0.1, 0.15) is 34.6 Å². The molecule has 0 aromatic heterocycles. The highest BCUT2D eigenvalue weighted by molar-refractivity contribution is 5.85. The molecule has 3 atom stereocenters. The van der Waals surface area contributed by atoms with Crippen LogP contribution in [0, 0.1) is 11.3 Å². The van der Waals surface area contributed by atoms with Crippen LogP contribution in [0.2, 0.25) is 0 Å². The van der Waals surface area contributed by atoms with Gasteiger partial charge in [0.25, 0.3) is 0 Å². The number of amides is 1. The van der Waals surface area contributed by atoms with E-state index in [-0.39, 0.29) is 11.9 Å². The van der Waals surface area contributed by atoms with Crippen molar-refractivity contribution in [2.75, 3.05) is 0 Å². The van der Waals surface area contributed by atoms with Crippen LogP contribution in [0.25, 0.3) is 0 Å². The molecule has 0 bridgehead atoms. The summed E-state index contributed by atoms with van der Waals surface area (Å²) in [6, 6.07) is -1.20. The first-order valence-corrected chi connectivity index (χ1v) is 5.36. The summed E-state index contributed by atoms with van der Waals surface area (Å²) >= 11 is 0. The fraction of sp³-hybridized carbons (Fsp3) is 0.818. The third-order valence-corrected chi connectivity index (χ3v) is 2.60. The molecule has 0 aromatic rings. The average Bonchev–Trinajstić information content (AvgIpc) is 2.09. The van der Waals surface area contributed by atoms with E-state index in [4.69, 9.17) is 10.8 Å². The number of rotatable bonds is 4. The summed E-state index contributed by atoms with van der Waals surface area (Å²) in [4.78, 5) is 22.7. The van der Waals surface area contributed by atoms with E-state index < -0.39 is 23.3 Å². The third-order valence-electron chi connectivity index (χ3n) is 2.60. The molecule has 0 aliphatic rings. The van der Waals surface area contributed by atoms with Crippen molar-refractivity contribution in [3.8, 4) is 0 Å². The normalized spacial score (nSPS) is 17.4. The van der Waals surface area contributed by atoms with Crippen LogP contribution in [0.3, 0.4) is 0 Å². The molecule has 0 fully saturated rings. The summed E-state index contributed by atoms with van der Waals surface area (Å²) in [7, 11) is 0. The Morgan fingerprint density at radius 1 is 1.25 bits per heavy atom. The molecule has 1 amide bonds. The highest BCUT2D eigenvalue weighted by Gasteiger charge is 2.33. The second-order valence-corrected chi connectivity index (χ2v) is 5.29. The predicted octanol–water partition coefficient (Wildman–Crippen LogP) is 0.585. The number of carboxylic acids is 1. The number of hydrogen-bond donors (Lipinski definition) is 3. The predicted molar refractivity (Wildman–Crippen MR) is 61.8 cm³/mol. The number of carbonyl (C=O) groups excluding carboxylic acids is 1. The highest BCUT2D eigenvalue weighted by Crippen LogP contribution is 2.20. The minimum Gasteiger partial charge on any atom is -0.480 e. The van der Waals surface area contributed by atoms with Gasteiger partial charge in [-0.05, 0) is 12.3 Å². The average molecular weight is 230 g/mol. The topological polar surface area (TPSA) is 92.4 Å². The van der Waals surface area contributed by atoms with Gasteiger partial charge in [-0.1, -0.05) is 27.7 Å². The Labute approximate surface area is 96.4 Å². The lowest BCUT2D eigenvalue weighted by Gasteiger charge is -2.29. The molecular weight excluding hydrogens is 208 g/mol. The molecule has 0 spiro atoms. The van der Waals surface area contributed by atoms with E-state index in [1.165, 1.54) is 0 Å². The van der Waals surface area contributed by atoms with Gasteiger partial charge in [0.05, 0.1) is 0 Å².